The first-order valence-corrected chi connectivity index (χ1v) is 8.39. The van der Waals surface area contributed by atoms with Gasteiger partial charge >= 0.3 is 0 Å². The second-order valence-corrected chi connectivity index (χ2v) is 7.08. The van der Waals surface area contributed by atoms with Gasteiger partial charge in [0.25, 0.3) is 5.91 Å². The summed E-state index contributed by atoms with van der Waals surface area (Å²) in [6.07, 6.45) is 0. The van der Waals surface area contributed by atoms with Crippen molar-refractivity contribution in [1.29, 1.82) is 0 Å². The topological polar surface area (TPSA) is 32.3 Å². The predicted octanol–water partition coefficient (Wildman–Crippen LogP) is 4.52. The molecule has 0 fully saturated rings. The van der Waals surface area contributed by atoms with Crippen LogP contribution in [-0.2, 0) is 6.54 Å². The lowest BCUT2D eigenvalue weighted by Crippen LogP contribution is -2.16. The van der Waals surface area contributed by atoms with E-state index in [9.17, 15) is 4.79 Å². The molecular formula is C19H20N2OS. The fraction of sp³-hybridized carbons (Fsp3) is 0.211. The summed E-state index contributed by atoms with van der Waals surface area (Å²) < 4.78 is 1.13. The SMILES string of the molecule is Cc1ccc(NC(=O)c2cc3ccccc3s2)c(CN(C)C)c1. The van der Waals surface area contributed by atoms with Gasteiger partial charge in [0.2, 0.25) is 0 Å². The molecule has 0 saturated heterocycles. The summed E-state index contributed by atoms with van der Waals surface area (Å²) in [5.74, 6) is -0.0462. The summed E-state index contributed by atoms with van der Waals surface area (Å²) in [6.45, 7) is 2.86. The number of amides is 1. The maximum Gasteiger partial charge on any atom is 0.265 e. The van der Waals surface area contributed by atoms with Crippen LogP contribution in [0.4, 0.5) is 5.69 Å². The normalized spacial score (nSPS) is 11.1. The number of nitrogens with one attached hydrogen (secondary N) is 1. The average molecular weight is 324 g/mol. The monoisotopic (exact) mass is 324 g/mol. The van der Waals surface area contributed by atoms with Crippen LogP contribution >= 0.6 is 11.3 Å². The van der Waals surface area contributed by atoms with E-state index in [0.717, 1.165) is 32.8 Å². The molecule has 0 unspecified atom stereocenters. The van der Waals surface area contributed by atoms with Crippen LogP contribution in [0, 0.1) is 6.92 Å². The quantitative estimate of drug-likeness (QED) is 0.765. The van der Waals surface area contributed by atoms with Crippen molar-refractivity contribution >= 4 is 33.0 Å². The molecule has 118 valence electrons. The summed E-state index contributed by atoms with van der Waals surface area (Å²) in [5, 5.41) is 4.18. The number of thiophene rings is 1. The third kappa shape index (κ3) is 3.60. The highest BCUT2D eigenvalue weighted by Gasteiger charge is 2.13. The smallest absolute Gasteiger partial charge is 0.265 e. The molecule has 1 N–H and O–H groups in total. The van der Waals surface area contributed by atoms with E-state index in [1.165, 1.54) is 16.9 Å². The summed E-state index contributed by atoms with van der Waals surface area (Å²) in [5.41, 5.74) is 3.21. The van der Waals surface area contributed by atoms with E-state index in [4.69, 9.17) is 0 Å². The highest BCUT2D eigenvalue weighted by molar-refractivity contribution is 7.20. The average Bonchev–Trinajstić information content (AvgIpc) is 2.93. The molecule has 1 heterocycles. The molecule has 3 nitrogen and oxygen atoms in total. The number of carbonyl (C=O) groups is 1. The van der Waals surface area contributed by atoms with E-state index in [1.54, 1.807) is 0 Å². The Labute approximate surface area is 140 Å². The standard InChI is InChI=1S/C19H20N2OS/c1-13-8-9-16(15(10-13)12-21(2)3)20-19(22)18-11-14-6-4-5-7-17(14)23-18/h4-11H,12H2,1-3H3,(H,20,22). The van der Waals surface area contributed by atoms with Gasteiger partial charge in [0.1, 0.15) is 0 Å². The molecule has 0 aliphatic carbocycles. The van der Waals surface area contributed by atoms with Gasteiger partial charge < -0.3 is 10.2 Å². The molecule has 0 spiro atoms. The molecule has 4 heteroatoms. The fourth-order valence-electron chi connectivity index (χ4n) is 2.59. The van der Waals surface area contributed by atoms with Crippen molar-refractivity contribution < 1.29 is 4.79 Å². The van der Waals surface area contributed by atoms with Gasteiger partial charge in [-0.05, 0) is 50.2 Å². The summed E-state index contributed by atoms with van der Waals surface area (Å²) in [6, 6.07) is 16.2. The second kappa shape index (κ2) is 6.52. The molecule has 3 rings (SSSR count). The van der Waals surface area contributed by atoms with Gasteiger partial charge in [-0.1, -0.05) is 35.9 Å². The van der Waals surface area contributed by atoms with Crippen LogP contribution in [0.3, 0.4) is 0 Å². The molecule has 0 bridgehead atoms. The number of anilines is 1. The van der Waals surface area contributed by atoms with Crippen molar-refractivity contribution in [3.63, 3.8) is 0 Å². The first-order chi connectivity index (χ1) is 11.0. The van der Waals surface area contributed by atoms with E-state index in [2.05, 4.69) is 23.2 Å². The number of fused-ring (bicyclic) bond motifs is 1. The minimum Gasteiger partial charge on any atom is -0.321 e. The molecule has 0 aliphatic heterocycles. The number of carbonyl (C=O) groups excluding carboxylic acids is 1. The third-order valence-electron chi connectivity index (χ3n) is 3.64. The Kier molecular flexibility index (Phi) is 4.46. The maximum absolute atomic E-state index is 12.6. The zero-order chi connectivity index (χ0) is 16.4. The largest absolute Gasteiger partial charge is 0.321 e. The molecule has 0 atom stereocenters. The van der Waals surface area contributed by atoms with E-state index >= 15 is 0 Å². The lowest BCUT2D eigenvalue weighted by Gasteiger charge is -2.15. The van der Waals surface area contributed by atoms with Crippen LogP contribution in [0.15, 0.2) is 48.5 Å². The summed E-state index contributed by atoms with van der Waals surface area (Å²) >= 11 is 1.53. The zero-order valence-corrected chi connectivity index (χ0v) is 14.4. The summed E-state index contributed by atoms with van der Waals surface area (Å²) in [4.78, 5) is 15.4. The fourth-order valence-corrected chi connectivity index (χ4v) is 3.55. The molecule has 23 heavy (non-hydrogen) atoms. The number of aryl methyl sites for hydroxylation is 1. The van der Waals surface area contributed by atoms with Crippen molar-refractivity contribution in [3.8, 4) is 0 Å². The first kappa shape index (κ1) is 15.7. The van der Waals surface area contributed by atoms with Crippen LogP contribution in [0.25, 0.3) is 10.1 Å². The van der Waals surface area contributed by atoms with Crippen molar-refractivity contribution in [2.75, 3.05) is 19.4 Å². The van der Waals surface area contributed by atoms with Gasteiger partial charge in [0.15, 0.2) is 0 Å². The Balaban J connectivity index is 1.87. The highest BCUT2D eigenvalue weighted by atomic mass is 32.1. The molecule has 2 aromatic carbocycles. The van der Waals surface area contributed by atoms with E-state index in [0.29, 0.717) is 0 Å². The number of rotatable bonds is 4. The van der Waals surface area contributed by atoms with Crippen molar-refractivity contribution in [1.82, 2.24) is 4.90 Å². The molecular weight excluding hydrogens is 304 g/mol. The zero-order valence-electron chi connectivity index (χ0n) is 13.6. The van der Waals surface area contributed by atoms with Crippen LogP contribution in [0.5, 0.6) is 0 Å². The number of nitrogens with zero attached hydrogens (tertiary/aromatic N) is 1. The molecule has 0 radical (unpaired) electrons. The maximum atomic E-state index is 12.6. The van der Waals surface area contributed by atoms with Gasteiger partial charge in [0, 0.05) is 16.9 Å². The van der Waals surface area contributed by atoms with E-state index in [1.807, 2.05) is 56.6 Å². The Bertz CT molecular complexity index is 818. The highest BCUT2D eigenvalue weighted by Crippen LogP contribution is 2.27. The Hall–Kier alpha value is -2.17. The van der Waals surface area contributed by atoms with Gasteiger partial charge in [-0.15, -0.1) is 11.3 Å². The van der Waals surface area contributed by atoms with Gasteiger partial charge in [0.05, 0.1) is 4.88 Å². The molecule has 0 saturated carbocycles. The Morgan fingerprint density at radius 3 is 2.65 bits per heavy atom. The number of hydrogen-bond acceptors (Lipinski definition) is 3. The lowest BCUT2D eigenvalue weighted by molar-refractivity contribution is 0.103. The minimum atomic E-state index is -0.0462. The Morgan fingerprint density at radius 1 is 1.13 bits per heavy atom. The van der Waals surface area contributed by atoms with Crippen LogP contribution in [-0.4, -0.2) is 24.9 Å². The summed E-state index contributed by atoms with van der Waals surface area (Å²) in [7, 11) is 4.06. The van der Waals surface area contributed by atoms with E-state index < -0.39 is 0 Å². The number of benzene rings is 2. The minimum absolute atomic E-state index is 0.0462. The number of hydrogen-bond donors (Lipinski definition) is 1. The van der Waals surface area contributed by atoms with Crippen molar-refractivity contribution in [2.24, 2.45) is 0 Å². The van der Waals surface area contributed by atoms with Crippen LogP contribution in [0.2, 0.25) is 0 Å². The van der Waals surface area contributed by atoms with Crippen LogP contribution < -0.4 is 5.32 Å². The van der Waals surface area contributed by atoms with Crippen molar-refractivity contribution in [3.05, 3.63) is 64.5 Å². The molecule has 1 amide bonds. The second-order valence-electron chi connectivity index (χ2n) is 6.00. The van der Waals surface area contributed by atoms with Crippen molar-refractivity contribution in [2.45, 2.75) is 13.5 Å². The first-order valence-electron chi connectivity index (χ1n) is 7.57. The third-order valence-corrected chi connectivity index (χ3v) is 4.76. The van der Waals surface area contributed by atoms with Gasteiger partial charge in [-0.2, -0.15) is 0 Å². The molecule has 3 aromatic rings. The lowest BCUT2D eigenvalue weighted by atomic mass is 10.1. The van der Waals surface area contributed by atoms with Crippen LogP contribution in [0.1, 0.15) is 20.8 Å². The Morgan fingerprint density at radius 2 is 1.91 bits per heavy atom. The predicted molar refractivity (Wildman–Crippen MR) is 98.3 cm³/mol. The van der Waals surface area contributed by atoms with E-state index in [-0.39, 0.29) is 5.91 Å². The van der Waals surface area contributed by atoms with Gasteiger partial charge in [-0.25, -0.2) is 0 Å². The molecule has 1 aromatic heterocycles. The van der Waals surface area contributed by atoms with Gasteiger partial charge in [-0.3, -0.25) is 4.79 Å². The molecule has 0 aliphatic rings.